The van der Waals surface area contributed by atoms with Crippen LogP contribution >= 0.6 is 24.2 Å². The van der Waals surface area contributed by atoms with Crippen LogP contribution in [-0.4, -0.2) is 46.1 Å². The number of carbonyl (C=O) groups excluding carboxylic acids is 1. The number of ether oxygens (including phenoxy) is 1. The fourth-order valence-electron chi connectivity index (χ4n) is 4.62. The van der Waals surface area contributed by atoms with Gasteiger partial charge in [0.25, 0.3) is 0 Å². The van der Waals surface area contributed by atoms with Crippen molar-refractivity contribution in [3.63, 3.8) is 0 Å². The fraction of sp³-hybridized carbons (Fsp3) is 0.458. The lowest BCUT2D eigenvalue weighted by Crippen LogP contribution is -2.61. The number of carboxylic acid groups (broad SMARTS) is 1. The molecular formula is C24H24ClF3N2O4S. The zero-order valence-corrected chi connectivity index (χ0v) is 20.8. The van der Waals surface area contributed by atoms with Crippen LogP contribution in [0, 0.1) is 5.41 Å². The fourth-order valence-corrected chi connectivity index (χ4v) is 5.06. The van der Waals surface area contributed by atoms with Gasteiger partial charge in [-0.25, -0.2) is 9.78 Å². The highest BCUT2D eigenvalue weighted by molar-refractivity contribution is 7.81. The molecule has 2 aliphatic rings. The standard InChI is InChI=1S/C24H24ClF3N2O4S/c1-21(2,3)19-14-9-13(7-8-15(14)22(34-19)11-30(12-22)20(32)33)16(31)10-23(35,24(26,27)28)17-5-4-6-18(25)29-17/h4-9,19,35H,10-12H2,1-3H3,(H,32,33). The number of aromatic nitrogens is 1. The number of likely N-dealkylation sites (tertiary alicyclic amines) is 1. The van der Waals surface area contributed by atoms with Crippen molar-refractivity contribution in [2.45, 2.75) is 49.8 Å². The molecule has 2 aliphatic heterocycles. The third-order valence-electron chi connectivity index (χ3n) is 6.46. The third kappa shape index (κ3) is 4.40. The summed E-state index contributed by atoms with van der Waals surface area (Å²) in [5.41, 5.74) is -0.210. The Morgan fingerprint density at radius 1 is 1.23 bits per heavy atom. The average molecular weight is 529 g/mol. The van der Waals surface area contributed by atoms with E-state index >= 15 is 0 Å². The van der Waals surface area contributed by atoms with Gasteiger partial charge in [-0.1, -0.05) is 50.6 Å². The first-order valence-electron chi connectivity index (χ1n) is 10.8. The van der Waals surface area contributed by atoms with Crippen molar-refractivity contribution in [3.05, 3.63) is 63.9 Å². The summed E-state index contributed by atoms with van der Waals surface area (Å²) in [5.74, 6) is -0.767. The Bertz CT molecular complexity index is 1190. The van der Waals surface area contributed by atoms with Crippen LogP contribution in [0.4, 0.5) is 18.0 Å². The maximum Gasteiger partial charge on any atom is 0.408 e. The maximum atomic E-state index is 14.1. The van der Waals surface area contributed by atoms with Gasteiger partial charge in [-0.15, -0.1) is 0 Å². The summed E-state index contributed by atoms with van der Waals surface area (Å²) in [7, 11) is 0. The summed E-state index contributed by atoms with van der Waals surface area (Å²) >= 11 is 9.70. The van der Waals surface area contributed by atoms with Crippen molar-refractivity contribution in [2.24, 2.45) is 5.41 Å². The molecule has 6 nitrogen and oxygen atoms in total. The molecule has 2 atom stereocenters. The third-order valence-corrected chi connectivity index (χ3v) is 7.32. The number of benzene rings is 1. The molecular weight excluding hydrogens is 505 g/mol. The zero-order chi connectivity index (χ0) is 26.0. The molecule has 188 valence electrons. The van der Waals surface area contributed by atoms with E-state index in [0.29, 0.717) is 5.56 Å². The van der Waals surface area contributed by atoms with Gasteiger partial charge in [0.15, 0.2) is 10.5 Å². The Kier molecular flexibility index (Phi) is 6.18. The Morgan fingerprint density at radius 3 is 2.43 bits per heavy atom. The number of fused-ring (bicyclic) bond motifs is 2. The quantitative estimate of drug-likeness (QED) is 0.289. The molecule has 11 heteroatoms. The van der Waals surface area contributed by atoms with Gasteiger partial charge in [0.2, 0.25) is 0 Å². The second kappa shape index (κ2) is 8.38. The number of Topliss-reactive ketones (excluding diaryl/α,β-unsaturated/α-hetero) is 1. The van der Waals surface area contributed by atoms with Crippen LogP contribution in [0.2, 0.25) is 5.15 Å². The predicted octanol–water partition coefficient (Wildman–Crippen LogP) is 6.00. The normalized spacial score (nSPS) is 20.8. The number of ketones is 1. The van der Waals surface area contributed by atoms with Crippen molar-refractivity contribution in [2.75, 3.05) is 13.1 Å². The van der Waals surface area contributed by atoms with E-state index in [1.165, 1.54) is 23.1 Å². The molecule has 0 bridgehead atoms. The molecule has 0 saturated carbocycles. The number of pyridine rings is 1. The summed E-state index contributed by atoms with van der Waals surface area (Å²) in [4.78, 5) is 29.5. The number of amides is 1. The Morgan fingerprint density at radius 2 is 1.89 bits per heavy atom. The number of nitrogens with zero attached hydrogens (tertiary/aromatic N) is 2. The van der Waals surface area contributed by atoms with Gasteiger partial charge in [-0.2, -0.15) is 25.8 Å². The number of halogens is 4. The molecule has 1 spiro atoms. The predicted molar refractivity (Wildman–Crippen MR) is 126 cm³/mol. The van der Waals surface area contributed by atoms with Crippen LogP contribution in [0.15, 0.2) is 36.4 Å². The monoisotopic (exact) mass is 528 g/mol. The smallest absolute Gasteiger partial charge is 0.408 e. The van der Waals surface area contributed by atoms with Gasteiger partial charge in [0, 0.05) is 12.0 Å². The summed E-state index contributed by atoms with van der Waals surface area (Å²) < 4.78 is 45.8. The number of carbonyl (C=O) groups is 2. The SMILES string of the molecule is CC(C)(C)C1OC2(CN(C(=O)O)C2)c2ccc(C(=O)CC(S)(c3cccc(Cl)n3)C(F)(F)F)cc21. The van der Waals surface area contributed by atoms with Gasteiger partial charge >= 0.3 is 12.3 Å². The summed E-state index contributed by atoms with van der Waals surface area (Å²) in [6, 6.07) is 8.47. The Labute approximate surface area is 210 Å². The highest BCUT2D eigenvalue weighted by Gasteiger charge is 2.58. The highest BCUT2D eigenvalue weighted by atomic mass is 35.5. The molecule has 1 fully saturated rings. The first-order chi connectivity index (χ1) is 16.1. The zero-order valence-electron chi connectivity index (χ0n) is 19.2. The lowest BCUT2D eigenvalue weighted by Gasteiger charge is -2.47. The number of thiol groups is 1. The molecule has 1 saturated heterocycles. The molecule has 1 amide bonds. The van der Waals surface area contributed by atoms with E-state index in [0.717, 1.165) is 11.6 Å². The van der Waals surface area contributed by atoms with Crippen LogP contribution < -0.4 is 0 Å². The van der Waals surface area contributed by atoms with E-state index in [1.54, 1.807) is 12.1 Å². The van der Waals surface area contributed by atoms with E-state index in [2.05, 4.69) is 17.6 Å². The van der Waals surface area contributed by atoms with E-state index in [4.69, 9.17) is 16.3 Å². The Balaban J connectivity index is 1.70. The van der Waals surface area contributed by atoms with Crippen molar-refractivity contribution in [1.82, 2.24) is 9.88 Å². The first kappa shape index (κ1) is 25.8. The molecule has 0 aliphatic carbocycles. The van der Waals surface area contributed by atoms with E-state index < -0.39 is 52.0 Å². The lowest BCUT2D eigenvalue weighted by molar-refractivity contribution is -0.176. The molecule has 0 radical (unpaired) electrons. The maximum absolute atomic E-state index is 14.1. The van der Waals surface area contributed by atoms with E-state index in [1.807, 2.05) is 20.8 Å². The molecule has 35 heavy (non-hydrogen) atoms. The molecule has 3 heterocycles. The van der Waals surface area contributed by atoms with Gasteiger partial charge in [0.05, 0.1) is 24.9 Å². The second-order valence-corrected chi connectivity index (χ2v) is 11.3. The number of alkyl halides is 3. The van der Waals surface area contributed by atoms with E-state index in [-0.39, 0.29) is 23.8 Å². The van der Waals surface area contributed by atoms with Crippen molar-refractivity contribution in [3.8, 4) is 0 Å². The van der Waals surface area contributed by atoms with Crippen LogP contribution in [0.1, 0.15) is 60.5 Å². The van der Waals surface area contributed by atoms with E-state index in [9.17, 15) is 27.9 Å². The second-order valence-electron chi connectivity index (χ2n) is 10.1. The van der Waals surface area contributed by atoms with Gasteiger partial charge in [-0.05, 0) is 34.7 Å². The van der Waals surface area contributed by atoms with Crippen LogP contribution in [-0.2, 0) is 15.1 Å². The lowest BCUT2D eigenvalue weighted by atomic mass is 9.80. The highest BCUT2D eigenvalue weighted by Crippen LogP contribution is 2.54. The van der Waals surface area contributed by atoms with Crippen LogP contribution in [0.25, 0.3) is 0 Å². The van der Waals surface area contributed by atoms with Crippen molar-refractivity contribution >= 4 is 36.1 Å². The number of hydrogen-bond donors (Lipinski definition) is 2. The first-order valence-corrected chi connectivity index (χ1v) is 11.7. The largest absolute Gasteiger partial charge is 0.465 e. The molecule has 1 aromatic carbocycles. The topological polar surface area (TPSA) is 79.7 Å². The van der Waals surface area contributed by atoms with Gasteiger partial charge < -0.3 is 14.7 Å². The summed E-state index contributed by atoms with van der Waals surface area (Å²) in [6.07, 6.45) is -7.39. The van der Waals surface area contributed by atoms with Crippen LogP contribution in [0.5, 0.6) is 0 Å². The minimum absolute atomic E-state index is 0.0813. The molecule has 1 N–H and O–H groups in total. The Hall–Kier alpha value is -2.30. The minimum atomic E-state index is -4.88. The average Bonchev–Trinajstić information content (AvgIpc) is 3.07. The summed E-state index contributed by atoms with van der Waals surface area (Å²) in [5, 5.41) is 9.13. The van der Waals surface area contributed by atoms with Crippen molar-refractivity contribution in [1.29, 1.82) is 0 Å². The summed E-state index contributed by atoms with van der Waals surface area (Å²) in [6.45, 7) is 6.11. The van der Waals surface area contributed by atoms with Gasteiger partial charge in [0.1, 0.15) is 10.8 Å². The van der Waals surface area contributed by atoms with Crippen molar-refractivity contribution < 1.29 is 32.6 Å². The van der Waals surface area contributed by atoms with Crippen LogP contribution in [0.3, 0.4) is 0 Å². The van der Waals surface area contributed by atoms with Gasteiger partial charge in [-0.3, -0.25) is 4.79 Å². The number of hydrogen-bond acceptors (Lipinski definition) is 5. The molecule has 2 unspecified atom stereocenters. The molecule has 2 aromatic rings. The minimum Gasteiger partial charge on any atom is -0.465 e. The molecule has 4 rings (SSSR count). The molecule has 1 aromatic heterocycles. The number of rotatable bonds is 4.